The Hall–Kier alpha value is -2.85. The van der Waals surface area contributed by atoms with E-state index in [2.05, 4.69) is 5.32 Å². The normalized spacial score (nSPS) is 27.2. The first kappa shape index (κ1) is 29.2. The second kappa shape index (κ2) is 12.6. The topological polar surface area (TPSA) is 252 Å². The quantitative estimate of drug-likeness (QED) is 0.139. The van der Waals surface area contributed by atoms with Crippen LogP contribution in [0.2, 0.25) is 0 Å². The molecule has 0 unspecified atom stereocenters. The fourth-order valence-corrected chi connectivity index (χ4v) is 3.46. The maximum Gasteiger partial charge on any atom is 0.332 e. The van der Waals surface area contributed by atoms with Crippen LogP contribution in [0.5, 0.6) is 0 Å². The summed E-state index contributed by atoms with van der Waals surface area (Å²) >= 11 is 0. The Bertz CT molecular complexity index is 779. The third-order valence-electron chi connectivity index (χ3n) is 5.37. The van der Waals surface area contributed by atoms with Gasteiger partial charge in [-0.15, -0.1) is 0 Å². The van der Waals surface area contributed by atoms with Gasteiger partial charge in [-0.3, -0.25) is 19.2 Å². The standard InChI is InChI=1S/C19H32N4O11/c1-7(17(30)22-10(16(21)29)4-5-12(26)27)23(9(3)25)18-13(20)15(33-8(2)19(31)32)14(28)11(6-24)34-18/h7-8,10-11,13-15,18,24,28H,4-6,20H2,1-3H3,(H2,21,29)(H,22,30)(H,26,27)(H,31,32)/t7-,8+,10+,11+,13+,14+,15+,18+/m0/s1. The number of rotatable bonds is 12. The lowest BCUT2D eigenvalue weighted by Gasteiger charge is -2.48. The second-order valence-corrected chi connectivity index (χ2v) is 7.89. The Kier molecular flexibility index (Phi) is 10.8. The molecule has 0 saturated carbocycles. The average molecular weight is 492 g/mol. The fraction of sp³-hybridized carbons (Fsp3) is 0.737. The third-order valence-corrected chi connectivity index (χ3v) is 5.37. The van der Waals surface area contributed by atoms with Crippen molar-refractivity contribution in [1.82, 2.24) is 10.2 Å². The number of carboxylic acids is 2. The number of nitrogens with zero attached hydrogens (tertiary/aromatic N) is 1. The van der Waals surface area contributed by atoms with E-state index < -0.39 is 91.5 Å². The van der Waals surface area contributed by atoms with Crippen LogP contribution in [0.25, 0.3) is 0 Å². The predicted molar refractivity (Wildman–Crippen MR) is 112 cm³/mol. The molecule has 15 heteroatoms. The molecule has 1 saturated heterocycles. The van der Waals surface area contributed by atoms with Gasteiger partial charge >= 0.3 is 11.9 Å². The number of nitrogens with two attached hydrogens (primary N) is 2. The molecule has 0 spiro atoms. The molecule has 15 nitrogen and oxygen atoms in total. The maximum atomic E-state index is 12.8. The molecule has 0 aliphatic carbocycles. The minimum atomic E-state index is -1.55. The van der Waals surface area contributed by atoms with Gasteiger partial charge in [0.1, 0.15) is 30.4 Å². The van der Waals surface area contributed by atoms with Crippen LogP contribution in [0.4, 0.5) is 0 Å². The summed E-state index contributed by atoms with van der Waals surface area (Å²) in [5.41, 5.74) is 11.4. The lowest BCUT2D eigenvalue weighted by molar-refractivity contribution is -0.245. The Balaban J connectivity index is 3.18. The number of ether oxygens (including phenoxy) is 2. The summed E-state index contributed by atoms with van der Waals surface area (Å²) in [6.45, 7) is 2.82. The zero-order valence-corrected chi connectivity index (χ0v) is 19.0. The molecule has 1 aliphatic heterocycles. The molecule has 194 valence electrons. The van der Waals surface area contributed by atoms with Crippen molar-refractivity contribution in [2.24, 2.45) is 11.5 Å². The predicted octanol–water partition coefficient (Wildman–Crippen LogP) is -3.68. The van der Waals surface area contributed by atoms with Gasteiger partial charge in [0.15, 0.2) is 12.3 Å². The number of nitrogens with one attached hydrogen (secondary N) is 1. The van der Waals surface area contributed by atoms with Crippen LogP contribution in [0, 0.1) is 0 Å². The van der Waals surface area contributed by atoms with Gasteiger partial charge in [0, 0.05) is 13.3 Å². The second-order valence-electron chi connectivity index (χ2n) is 7.89. The van der Waals surface area contributed by atoms with Gasteiger partial charge in [0.25, 0.3) is 0 Å². The maximum absolute atomic E-state index is 12.8. The lowest BCUT2D eigenvalue weighted by atomic mass is 9.94. The van der Waals surface area contributed by atoms with Crippen LogP contribution in [-0.4, -0.2) is 110 Å². The van der Waals surface area contributed by atoms with Crippen LogP contribution >= 0.6 is 0 Å². The number of aliphatic hydroxyl groups excluding tert-OH is 2. The van der Waals surface area contributed by atoms with E-state index in [9.17, 15) is 34.2 Å². The number of carboxylic acid groups (broad SMARTS) is 2. The Labute approximate surface area is 195 Å². The van der Waals surface area contributed by atoms with Crippen LogP contribution in [0.3, 0.4) is 0 Å². The van der Waals surface area contributed by atoms with Crippen LogP contribution in [-0.2, 0) is 33.4 Å². The number of carbonyl (C=O) groups excluding carboxylic acids is 3. The minimum Gasteiger partial charge on any atom is -0.481 e. The molecule has 0 aromatic heterocycles. The van der Waals surface area contributed by atoms with Crippen molar-refractivity contribution in [3.8, 4) is 0 Å². The van der Waals surface area contributed by atoms with Gasteiger partial charge in [-0.1, -0.05) is 0 Å². The van der Waals surface area contributed by atoms with Crippen LogP contribution in [0.15, 0.2) is 0 Å². The highest BCUT2D eigenvalue weighted by atomic mass is 16.6. The fourth-order valence-electron chi connectivity index (χ4n) is 3.46. The van der Waals surface area contributed by atoms with Crippen molar-refractivity contribution in [1.29, 1.82) is 0 Å². The van der Waals surface area contributed by atoms with Crippen molar-refractivity contribution < 1.29 is 53.9 Å². The van der Waals surface area contributed by atoms with Gasteiger partial charge < -0.3 is 51.6 Å². The number of hydrogen-bond donors (Lipinski definition) is 7. The van der Waals surface area contributed by atoms with E-state index in [0.29, 0.717) is 0 Å². The van der Waals surface area contributed by atoms with E-state index in [4.69, 9.17) is 31.2 Å². The van der Waals surface area contributed by atoms with Crippen molar-refractivity contribution in [2.45, 2.75) is 82.4 Å². The van der Waals surface area contributed by atoms with Gasteiger partial charge in [-0.2, -0.15) is 0 Å². The summed E-state index contributed by atoms with van der Waals surface area (Å²) in [6, 6.07) is -4.02. The molecule has 0 aromatic carbocycles. The number of aliphatic hydroxyl groups is 2. The SMILES string of the molecule is CC(=O)N([C@@H]1O[C@H](CO)[C@@H](O)[C@H](O[C@H](C)C(=O)O)[C@H]1N)[C@@H](C)C(=O)N[C@H](CCC(=O)O)C(N)=O. The first-order valence-electron chi connectivity index (χ1n) is 10.4. The van der Waals surface area contributed by atoms with Crippen molar-refractivity contribution in [3.05, 3.63) is 0 Å². The molecular weight excluding hydrogens is 460 g/mol. The van der Waals surface area contributed by atoms with Gasteiger partial charge in [0.2, 0.25) is 17.7 Å². The molecule has 1 heterocycles. The molecular formula is C19H32N4O11. The molecule has 1 rings (SSSR count). The Morgan fingerprint density at radius 3 is 2.21 bits per heavy atom. The molecule has 0 bridgehead atoms. The summed E-state index contributed by atoms with van der Waals surface area (Å²) in [6.07, 6.45) is -7.87. The molecule has 9 N–H and O–H groups in total. The summed E-state index contributed by atoms with van der Waals surface area (Å²) in [4.78, 5) is 59.7. The third kappa shape index (κ3) is 7.33. The van der Waals surface area contributed by atoms with Crippen molar-refractivity contribution in [2.75, 3.05) is 6.61 Å². The summed E-state index contributed by atoms with van der Waals surface area (Å²) in [5.74, 6) is -5.15. The molecule has 3 amide bonds. The van der Waals surface area contributed by atoms with Crippen molar-refractivity contribution in [3.63, 3.8) is 0 Å². The van der Waals surface area contributed by atoms with E-state index in [1.165, 1.54) is 13.8 Å². The summed E-state index contributed by atoms with van der Waals surface area (Å²) in [7, 11) is 0. The zero-order chi connectivity index (χ0) is 26.3. The molecule has 1 aliphatic rings. The zero-order valence-electron chi connectivity index (χ0n) is 19.0. The monoisotopic (exact) mass is 492 g/mol. The highest BCUT2D eigenvalue weighted by Crippen LogP contribution is 2.27. The van der Waals surface area contributed by atoms with Crippen LogP contribution < -0.4 is 16.8 Å². The van der Waals surface area contributed by atoms with Gasteiger partial charge in [0.05, 0.1) is 12.6 Å². The van der Waals surface area contributed by atoms with Crippen LogP contribution in [0.1, 0.15) is 33.6 Å². The smallest absolute Gasteiger partial charge is 0.332 e. The molecule has 0 radical (unpaired) electrons. The molecule has 34 heavy (non-hydrogen) atoms. The first-order valence-corrected chi connectivity index (χ1v) is 10.4. The molecule has 0 aromatic rings. The van der Waals surface area contributed by atoms with Crippen molar-refractivity contribution >= 4 is 29.7 Å². The van der Waals surface area contributed by atoms with E-state index in [-0.39, 0.29) is 6.42 Å². The lowest BCUT2D eigenvalue weighted by Crippen LogP contribution is -2.70. The Morgan fingerprint density at radius 2 is 1.76 bits per heavy atom. The van der Waals surface area contributed by atoms with E-state index >= 15 is 0 Å². The Morgan fingerprint density at radius 1 is 1.18 bits per heavy atom. The number of aliphatic carboxylic acids is 2. The number of carbonyl (C=O) groups is 5. The van der Waals surface area contributed by atoms with E-state index in [1.807, 2.05) is 0 Å². The first-order chi connectivity index (χ1) is 15.7. The highest BCUT2D eigenvalue weighted by Gasteiger charge is 2.49. The van der Waals surface area contributed by atoms with Gasteiger partial charge in [-0.25, -0.2) is 4.79 Å². The highest BCUT2D eigenvalue weighted by molar-refractivity contribution is 5.91. The van der Waals surface area contributed by atoms with E-state index in [1.54, 1.807) is 0 Å². The number of hydrogen-bond acceptors (Lipinski definition) is 10. The van der Waals surface area contributed by atoms with Gasteiger partial charge in [-0.05, 0) is 20.3 Å². The number of amides is 3. The van der Waals surface area contributed by atoms with E-state index in [0.717, 1.165) is 11.8 Å². The summed E-state index contributed by atoms with van der Waals surface area (Å²) < 4.78 is 10.9. The average Bonchev–Trinajstić information content (AvgIpc) is 2.74. The summed E-state index contributed by atoms with van der Waals surface area (Å²) in [5, 5.41) is 40.2. The largest absolute Gasteiger partial charge is 0.481 e. The number of primary amides is 1. The molecule has 8 atom stereocenters. The molecule has 1 fully saturated rings. The minimum absolute atomic E-state index is 0.287.